The van der Waals surface area contributed by atoms with Crippen molar-refractivity contribution in [2.24, 2.45) is 0 Å². The highest BCUT2D eigenvalue weighted by molar-refractivity contribution is 7.79. The second-order valence-electron chi connectivity index (χ2n) is 3.60. The van der Waals surface area contributed by atoms with Crippen LogP contribution in [0.25, 0.3) is 6.08 Å². The van der Waals surface area contributed by atoms with Gasteiger partial charge in [-0.15, -0.1) is 11.3 Å². The van der Waals surface area contributed by atoms with Crippen molar-refractivity contribution in [1.29, 1.82) is 0 Å². The number of hydrogen-bond acceptors (Lipinski definition) is 3. The van der Waals surface area contributed by atoms with E-state index >= 15 is 0 Å². The molecule has 3 heteroatoms. The van der Waals surface area contributed by atoms with Crippen LogP contribution in [0.4, 0.5) is 0 Å². The summed E-state index contributed by atoms with van der Waals surface area (Å²) < 4.78 is 0. The smallest absolute Gasteiger partial charge is 0.0450 e. The maximum atomic E-state index is 4.95. The van der Waals surface area contributed by atoms with Crippen molar-refractivity contribution in [3.63, 3.8) is 0 Å². The molecule has 0 saturated heterocycles. The Hall–Kier alpha value is -0.670. The zero-order valence-electron chi connectivity index (χ0n) is 9.43. The summed E-state index contributed by atoms with van der Waals surface area (Å²) in [7, 11) is 2.11. The SMILES string of the molecule is CCC(C)N(C)/C=C\c1ccsc1C=S. The summed E-state index contributed by atoms with van der Waals surface area (Å²) in [5.41, 5.74) is 1.21. The van der Waals surface area contributed by atoms with Crippen LogP contribution in [0.5, 0.6) is 0 Å². The molecular formula is C12H17NS2. The summed E-state index contributed by atoms with van der Waals surface area (Å²) in [6.45, 7) is 4.42. The molecule has 0 aliphatic carbocycles. The molecule has 0 amide bonds. The Morgan fingerprint density at radius 2 is 2.33 bits per heavy atom. The van der Waals surface area contributed by atoms with Gasteiger partial charge in [-0.2, -0.15) is 0 Å². The van der Waals surface area contributed by atoms with Gasteiger partial charge in [-0.25, -0.2) is 0 Å². The molecule has 0 aliphatic rings. The van der Waals surface area contributed by atoms with E-state index < -0.39 is 0 Å². The monoisotopic (exact) mass is 239 g/mol. The summed E-state index contributed by atoms with van der Waals surface area (Å²) >= 11 is 6.64. The van der Waals surface area contributed by atoms with Gasteiger partial charge in [0.15, 0.2) is 0 Å². The second kappa shape index (κ2) is 6.03. The predicted molar refractivity (Wildman–Crippen MR) is 73.6 cm³/mol. The molecule has 15 heavy (non-hydrogen) atoms. The summed E-state index contributed by atoms with van der Waals surface area (Å²) in [6, 6.07) is 2.68. The first-order chi connectivity index (χ1) is 7.19. The van der Waals surface area contributed by atoms with Crippen LogP contribution in [0, 0.1) is 0 Å². The van der Waals surface area contributed by atoms with Gasteiger partial charge in [0.2, 0.25) is 0 Å². The molecule has 0 N–H and O–H groups in total. The van der Waals surface area contributed by atoms with Gasteiger partial charge >= 0.3 is 0 Å². The van der Waals surface area contributed by atoms with Gasteiger partial charge in [0.25, 0.3) is 0 Å². The number of hydrogen-bond donors (Lipinski definition) is 0. The molecule has 0 bridgehead atoms. The molecule has 1 heterocycles. The molecule has 0 aromatic carbocycles. The minimum atomic E-state index is 0.579. The van der Waals surface area contributed by atoms with Gasteiger partial charge < -0.3 is 4.90 Å². The Balaban J connectivity index is 2.68. The van der Waals surface area contributed by atoms with Gasteiger partial charge in [0, 0.05) is 23.3 Å². The minimum absolute atomic E-state index is 0.579. The molecule has 1 atom stereocenters. The molecule has 1 unspecified atom stereocenters. The third-order valence-electron chi connectivity index (χ3n) is 2.61. The summed E-state index contributed by atoms with van der Waals surface area (Å²) in [5, 5.41) is 3.81. The zero-order valence-corrected chi connectivity index (χ0v) is 11.1. The Kier molecular flexibility index (Phi) is 4.99. The molecule has 0 aliphatic heterocycles. The lowest BCUT2D eigenvalue weighted by Gasteiger charge is -2.21. The zero-order chi connectivity index (χ0) is 11.3. The van der Waals surface area contributed by atoms with E-state index in [-0.39, 0.29) is 0 Å². The van der Waals surface area contributed by atoms with E-state index in [1.165, 1.54) is 10.4 Å². The number of rotatable bonds is 5. The van der Waals surface area contributed by atoms with E-state index in [2.05, 4.69) is 49.5 Å². The van der Waals surface area contributed by atoms with Gasteiger partial charge in [0.05, 0.1) is 0 Å². The van der Waals surface area contributed by atoms with Gasteiger partial charge in [-0.05, 0) is 42.6 Å². The van der Waals surface area contributed by atoms with Crippen molar-refractivity contribution in [3.05, 3.63) is 28.1 Å². The minimum Gasteiger partial charge on any atom is -0.378 e. The average Bonchev–Trinajstić information content (AvgIpc) is 2.71. The first kappa shape index (κ1) is 12.4. The van der Waals surface area contributed by atoms with Crippen molar-refractivity contribution in [3.8, 4) is 0 Å². The van der Waals surface area contributed by atoms with Crippen LogP contribution >= 0.6 is 23.6 Å². The Bertz CT molecular complexity index is 341. The molecule has 0 fully saturated rings. The van der Waals surface area contributed by atoms with Crippen molar-refractivity contribution in [2.45, 2.75) is 26.3 Å². The highest BCUT2D eigenvalue weighted by Gasteiger charge is 2.02. The first-order valence-corrected chi connectivity index (χ1v) is 6.47. The van der Waals surface area contributed by atoms with Crippen molar-refractivity contribution < 1.29 is 0 Å². The van der Waals surface area contributed by atoms with Crippen LogP contribution in [-0.2, 0) is 0 Å². The van der Waals surface area contributed by atoms with E-state index in [1.54, 1.807) is 16.7 Å². The predicted octanol–water partition coefficient (Wildman–Crippen LogP) is 3.80. The van der Waals surface area contributed by atoms with Crippen molar-refractivity contribution >= 4 is 35.0 Å². The number of nitrogens with zero attached hydrogens (tertiary/aromatic N) is 1. The van der Waals surface area contributed by atoms with E-state index in [1.807, 2.05) is 0 Å². The molecular weight excluding hydrogens is 222 g/mol. The third kappa shape index (κ3) is 3.43. The lowest BCUT2D eigenvalue weighted by Crippen LogP contribution is -2.22. The van der Waals surface area contributed by atoms with Crippen LogP contribution in [0.2, 0.25) is 0 Å². The largest absolute Gasteiger partial charge is 0.378 e. The van der Waals surface area contributed by atoms with E-state index in [0.29, 0.717) is 6.04 Å². The fraction of sp³-hybridized carbons (Fsp3) is 0.417. The van der Waals surface area contributed by atoms with Gasteiger partial charge in [-0.3, -0.25) is 0 Å². The topological polar surface area (TPSA) is 3.24 Å². The van der Waals surface area contributed by atoms with Crippen LogP contribution in [0.15, 0.2) is 17.6 Å². The Morgan fingerprint density at radius 3 is 2.93 bits per heavy atom. The molecule has 0 saturated carbocycles. The molecule has 0 spiro atoms. The maximum absolute atomic E-state index is 4.95. The average molecular weight is 239 g/mol. The van der Waals surface area contributed by atoms with Crippen molar-refractivity contribution in [2.75, 3.05) is 7.05 Å². The van der Waals surface area contributed by atoms with Gasteiger partial charge in [0.1, 0.15) is 0 Å². The van der Waals surface area contributed by atoms with E-state index in [4.69, 9.17) is 12.2 Å². The van der Waals surface area contributed by atoms with Crippen LogP contribution in [0.1, 0.15) is 30.7 Å². The Labute approximate surface area is 101 Å². The molecule has 1 rings (SSSR count). The highest BCUT2D eigenvalue weighted by Crippen LogP contribution is 2.16. The van der Waals surface area contributed by atoms with Crippen LogP contribution < -0.4 is 0 Å². The van der Waals surface area contributed by atoms with Crippen LogP contribution in [0.3, 0.4) is 0 Å². The van der Waals surface area contributed by atoms with E-state index in [0.717, 1.165) is 6.42 Å². The highest BCUT2D eigenvalue weighted by atomic mass is 32.1. The normalized spacial score (nSPS) is 13.0. The lowest BCUT2D eigenvalue weighted by molar-refractivity contribution is 0.345. The van der Waals surface area contributed by atoms with Gasteiger partial charge in [-0.1, -0.05) is 19.1 Å². The van der Waals surface area contributed by atoms with E-state index in [9.17, 15) is 0 Å². The second-order valence-corrected chi connectivity index (χ2v) is 4.78. The third-order valence-corrected chi connectivity index (χ3v) is 3.87. The summed E-state index contributed by atoms with van der Waals surface area (Å²) in [5.74, 6) is 0. The number of thiophene rings is 1. The summed E-state index contributed by atoms with van der Waals surface area (Å²) in [4.78, 5) is 3.39. The molecule has 1 nitrogen and oxygen atoms in total. The standard InChI is InChI=1S/C12H17NS2/c1-4-10(2)13(3)7-5-11-6-8-15-12(11)9-14/h5-10H,4H2,1-3H3/b7-5-. The van der Waals surface area contributed by atoms with Crippen LogP contribution in [-0.4, -0.2) is 23.4 Å². The fourth-order valence-corrected chi connectivity index (χ4v) is 2.19. The quantitative estimate of drug-likeness (QED) is 0.719. The Morgan fingerprint density at radius 1 is 1.60 bits per heavy atom. The lowest BCUT2D eigenvalue weighted by atomic mass is 10.2. The number of thiocarbonyl (C=S) groups is 1. The first-order valence-electron chi connectivity index (χ1n) is 5.11. The molecule has 1 aromatic heterocycles. The maximum Gasteiger partial charge on any atom is 0.0450 e. The fourth-order valence-electron chi connectivity index (χ4n) is 1.20. The van der Waals surface area contributed by atoms with Crippen molar-refractivity contribution in [1.82, 2.24) is 4.90 Å². The molecule has 1 aromatic rings. The molecule has 82 valence electrons. The molecule has 0 radical (unpaired) electrons. The summed E-state index contributed by atoms with van der Waals surface area (Å²) in [6.07, 6.45) is 5.41.